The zero-order valence-corrected chi connectivity index (χ0v) is 13.1. The van der Waals surface area contributed by atoms with Crippen LogP contribution in [0.1, 0.15) is 11.9 Å². The number of nitrogens with zero attached hydrogens (tertiary/aromatic N) is 2. The van der Waals surface area contributed by atoms with E-state index >= 15 is 0 Å². The van der Waals surface area contributed by atoms with Crippen molar-refractivity contribution in [1.29, 1.82) is 0 Å². The minimum atomic E-state index is -3.68. The zero-order chi connectivity index (χ0) is 14.0. The van der Waals surface area contributed by atoms with Crippen molar-refractivity contribution < 1.29 is 8.42 Å². The SMILES string of the molecule is CCc1nnc(NS(=O)(=O)c2ccc(N)c(Br)c2)s1. The summed E-state index contributed by atoms with van der Waals surface area (Å²) < 4.78 is 27.2. The van der Waals surface area contributed by atoms with Gasteiger partial charge in [-0.15, -0.1) is 10.2 Å². The highest BCUT2D eigenvalue weighted by atomic mass is 79.9. The topological polar surface area (TPSA) is 98.0 Å². The number of hydrogen-bond donors (Lipinski definition) is 2. The fourth-order valence-electron chi connectivity index (χ4n) is 1.29. The maximum absolute atomic E-state index is 12.1. The van der Waals surface area contributed by atoms with E-state index in [-0.39, 0.29) is 10.0 Å². The number of hydrogen-bond acceptors (Lipinski definition) is 6. The van der Waals surface area contributed by atoms with Crippen LogP contribution >= 0.6 is 27.3 Å². The molecule has 1 heterocycles. The van der Waals surface area contributed by atoms with Crippen LogP contribution < -0.4 is 10.5 Å². The lowest BCUT2D eigenvalue weighted by molar-refractivity contribution is 0.601. The summed E-state index contributed by atoms with van der Waals surface area (Å²) in [5, 5.41) is 8.66. The molecule has 0 atom stereocenters. The summed E-state index contributed by atoms with van der Waals surface area (Å²) in [7, 11) is -3.68. The second kappa shape index (κ2) is 5.43. The van der Waals surface area contributed by atoms with Gasteiger partial charge in [-0.1, -0.05) is 18.3 Å². The van der Waals surface area contributed by atoms with E-state index in [4.69, 9.17) is 5.73 Å². The summed E-state index contributed by atoms with van der Waals surface area (Å²) in [6.45, 7) is 1.93. The Labute approximate surface area is 123 Å². The van der Waals surface area contributed by atoms with Crippen molar-refractivity contribution in [1.82, 2.24) is 10.2 Å². The molecule has 6 nitrogen and oxygen atoms in total. The molecule has 1 aromatic heterocycles. The van der Waals surface area contributed by atoms with Crippen molar-refractivity contribution in [2.45, 2.75) is 18.2 Å². The third-order valence-corrected chi connectivity index (χ3v) is 5.41. The van der Waals surface area contributed by atoms with E-state index in [1.807, 2.05) is 6.92 Å². The number of rotatable bonds is 4. The predicted molar refractivity (Wildman–Crippen MR) is 78.6 cm³/mol. The molecule has 0 unspecified atom stereocenters. The van der Waals surface area contributed by atoms with Gasteiger partial charge in [-0.05, 0) is 40.5 Å². The first-order valence-electron chi connectivity index (χ1n) is 5.32. The number of nitrogen functional groups attached to an aromatic ring is 1. The zero-order valence-electron chi connectivity index (χ0n) is 9.92. The molecule has 0 amide bonds. The first kappa shape index (κ1) is 14.2. The lowest BCUT2D eigenvalue weighted by Gasteiger charge is -2.06. The average Bonchev–Trinajstić information content (AvgIpc) is 2.79. The van der Waals surface area contributed by atoms with Gasteiger partial charge in [-0.3, -0.25) is 4.72 Å². The lowest BCUT2D eigenvalue weighted by Crippen LogP contribution is -2.13. The fraction of sp³-hybridized carbons (Fsp3) is 0.200. The molecule has 0 fully saturated rings. The third-order valence-electron chi connectivity index (χ3n) is 2.27. The molecule has 2 rings (SSSR count). The van der Waals surface area contributed by atoms with Crippen LogP contribution in [0.2, 0.25) is 0 Å². The highest BCUT2D eigenvalue weighted by molar-refractivity contribution is 9.10. The van der Waals surface area contributed by atoms with Crippen molar-refractivity contribution in [3.05, 3.63) is 27.7 Å². The molecule has 0 radical (unpaired) electrons. The quantitative estimate of drug-likeness (QED) is 0.812. The highest BCUT2D eigenvalue weighted by Crippen LogP contribution is 2.25. The Morgan fingerprint density at radius 1 is 1.42 bits per heavy atom. The molecule has 19 heavy (non-hydrogen) atoms. The minimum absolute atomic E-state index is 0.113. The number of nitrogens with two attached hydrogens (primary N) is 1. The Morgan fingerprint density at radius 3 is 2.74 bits per heavy atom. The summed E-state index contributed by atoms with van der Waals surface area (Å²) in [5.41, 5.74) is 6.10. The van der Waals surface area contributed by atoms with Crippen molar-refractivity contribution in [2.24, 2.45) is 0 Å². The minimum Gasteiger partial charge on any atom is -0.398 e. The summed E-state index contributed by atoms with van der Waals surface area (Å²) in [5.74, 6) is 0. The molecule has 0 bridgehead atoms. The molecule has 0 spiro atoms. The molecule has 0 aliphatic rings. The summed E-state index contributed by atoms with van der Waals surface area (Å²) in [4.78, 5) is 0.113. The largest absolute Gasteiger partial charge is 0.398 e. The van der Waals surface area contributed by atoms with Crippen molar-refractivity contribution in [2.75, 3.05) is 10.5 Å². The number of benzene rings is 1. The average molecular weight is 363 g/mol. The Bertz CT molecular complexity index is 699. The molecule has 0 aliphatic carbocycles. The van der Waals surface area contributed by atoms with E-state index in [1.165, 1.54) is 29.5 Å². The lowest BCUT2D eigenvalue weighted by atomic mass is 10.3. The van der Waals surface area contributed by atoms with Gasteiger partial charge >= 0.3 is 0 Å². The third kappa shape index (κ3) is 3.23. The monoisotopic (exact) mass is 362 g/mol. The number of anilines is 2. The van der Waals surface area contributed by atoms with Gasteiger partial charge in [0.25, 0.3) is 10.0 Å². The number of aromatic nitrogens is 2. The Kier molecular flexibility index (Phi) is 4.07. The maximum atomic E-state index is 12.1. The number of halogens is 1. The van der Waals surface area contributed by atoms with E-state index in [2.05, 4.69) is 30.8 Å². The predicted octanol–water partition coefficient (Wildman–Crippen LogP) is 2.25. The van der Waals surface area contributed by atoms with Gasteiger partial charge in [-0.25, -0.2) is 8.42 Å². The summed E-state index contributed by atoms with van der Waals surface area (Å²) in [6, 6.07) is 4.40. The van der Waals surface area contributed by atoms with Gasteiger partial charge in [0.05, 0.1) is 4.90 Å². The van der Waals surface area contributed by atoms with Gasteiger partial charge in [0.1, 0.15) is 5.01 Å². The van der Waals surface area contributed by atoms with E-state index in [0.717, 1.165) is 5.01 Å². The van der Waals surface area contributed by atoms with Gasteiger partial charge in [0, 0.05) is 10.2 Å². The fourth-order valence-corrected chi connectivity index (χ4v) is 3.75. The Hall–Kier alpha value is -1.19. The van der Waals surface area contributed by atoms with Gasteiger partial charge < -0.3 is 5.73 Å². The second-order valence-corrected chi connectivity index (χ2v) is 7.24. The van der Waals surface area contributed by atoms with Crippen LogP contribution in [-0.2, 0) is 16.4 Å². The highest BCUT2D eigenvalue weighted by Gasteiger charge is 2.17. The van der Waals surface area contributed by atoms with E-state index in [0.29, 0.717) is 16.6 Å². The van der Waals surface area contributed by atoms with E-state index < -0.39 is 10.0 Å². The van der Waals surface area contributed by atoms with Gasteiger partial charge in [-0.2, -0.15) is 0 Å². The number of aryl methyl sites for hydroxylation is 1. The van der Waals surface area contributed by atoms with Crippen molar-refractivity contribution in [3.8, 4) is 0 Å². The molecule has 2 aromatic rings. The molecule has 0 saturated carbocycles. The molecule has 102 valence electrons. The molecular formula is C10H11BrN4O2S2. The van der Waals surface area contributed by atoms with E-state index in [9.17, 15) is 8.42 Å². The van der Waals surface area contributed by atoms with Crippen molar-refractivity contribution in [3.63, 3.8) is 0 Å². The Morgan fingerprint density at radius 2 is 2.16 bits per heavy atom. The molecule has 9 heteroatoms. The first-order valence-corrected chi connectivity index (χ1v) is 8.42. The van der Waals surface area contributed by atoms with Crippen molar-refractivity contribution >= 4 is 48.1 Å². The molecule has 3 N–H and O–H groups in total. The van der Waals surface area contributed by atoms with Gasteiger partial charge in [0.2, 0.25) is 5.13 Å². The van der Waals surface area contributed by atoms with Crippen LogP contribution in [0.4, 0.5) is 10.8 Å². The summed E-state index contributed by atoms with van der Waals surface area (Å²) in [6.07, 6.45) is 0.715. The molecular weight excluding hydrogens is 352 g/mol. The molecule has 1 aromatic carbocycles. The summed E-state index contributed by atoms with van der Waals surface area (Å²) >= 11 is 4.41. The first-order chi connectivity index (χ1) is 8.92. The second-order valence-electron chi connectivity index (χ2n) is 3.64. The van der Waals surface area contributed by atoms with Crippen LogP contribution in [0.5, 0.6) is 0 Å². The standard InChI is InChI=1S/C10H11BrN4O2S2/c1-2-9-13-14-10(18-9)15-19(16,17)6-3-4-8(12)7(11)5-6/h3-5H,2,12H2,1H3,(H,14,15). The molecule has 0 saturated heterocycles. The normalized spacial score (nSPS) is 11.5. The van der Waals surface area contributed by atoms with Crippen LogP contribution in [-0.4, -0.2) is 18.6 Å². The maximum Gasteiger partial charge on any atom is 0.263 e. The van der Waals surface area contributed by atoms with Crippen LogP contribution in [0.25, 0.3) is 0 Å². The smallest absolute Gasteiger partial charge is 0.263 e. The number of sulfonamides is 1. The van der Waals surface area contributed by atoms with Crippen LogP contribution in [0.3, 0.4) is 0 Å². The van der Waals surface area contributed by atoms with Crippen LogP contribution in [0.15, 0.2) is 27.6 Å². The van der Waals surface area contributed by atoms with Crippen LogP contribution in [0, 0.1) is 0 Å². The Balaban J connectivity index is 2.29. The van der Waals surface area contributed by atoms with Gasteiger partial charge in [0.15, 0.2) is 0 Å². The molecule has 0 aliphatic heterocycles. The number of nitrogens with one attached hydrogen (secondary N) is 1. The van der Waals surface area contributed by atoms with E-state index in [1.54, 1.807) is 0 Å².